The van der Waals surface area contributed by atoms with Crippen molar-refractivity contribution in [3.8, 4) is 0 Å². The van der Waals surface area contributed by atoms with Gasteiger partial charge in [-0.25, -0.2) is 0 Å². The molecule has 2 rings (SSSR count). The summed E-state index contributed by atoms with van der Waals surface area (Å²) < 4.78 is 0. The van der Waals surface area contributed by atoms with Crippen LogP contribution in [0.25, 0.3) is 0 Å². The third-order valence-electron chi connectivity index (χ3n) is 4.88. The summed E-state index contributed by atoms with van der Waals surface area (Å²) in [5, 5.41) is 9.92. The van der Waals surface area contributed by atoms with Gasteiger partial charge in [-0.05, 0) is 50.5 Å². The number of rotatable bonds is 3. The average molecular weight is 211 g/mol. The van der Waals surface area contributed by atoms with Gasteiger partial charge in [-0.2, -0.15) is 0 Å². The topological polar surface area (TPSA) is 23.5 Å². The van der Waals surface area contributed by atoms with E-state index in [0.29, 0.717) is 11.5 Å². The summed E-state index contributed by atoms with van der Waals surface area (Å²) >= 11 is 0. The van der Waals surface area contributed by atoms with E-state index in [1.807, 2.05) is 0 Å². The van der Waals surface area contributed by atoms with Gasteiger partial charge in [0.15, 0.2) is 0 Å². The Morgan fingerprint density at radius 1 is 1.27 bits per heavy atom. The van der Waals surface area contributed by atoms with E-state index in [1.165, 1.54) is 45.2 Å². The average Bonchev–Trinajstić information content (AvgIpc) is 2.84. The Morgan fingerprint density at radius 2 is 2.00 bits per heavy atom. The van der Waals surface area contributed by atoms with Crippen LogP contribution in [0.4, 0.5) is 0 Å². The van der Waals surface area contributed by atoms with Crippen molar-refractivity contribution in [3.63, 3.8) is 0 Å². The zero-order chi connectivity index (χ0) is 10.9. The molecule has 0 unspecified atom stereocenters. The molecule has 2 aliphatic rings. The SMILES string of the molecule is CCC1(CC)CCN([C@H]2CCC[C@@H]2O)C1. The first kappa shape index (κ1) is 11.4. The quantitative estimate of drug-likeness (QED) is 0.775. The maximum Gasteiger partial charge on any atom is 0.0695 e. The number of aliphatic hydroxyl groups excluding tert-OH is 1. The van der Waals surface area contributed by atoms with Gasteiger partial charge in [0.25, 0.3) is 0 Å². The largest absolute Gasteiger partial charge is 0.391 e. The van der Waals surface area contributed by atoms with E-state index in [-0.39, 0.29) is 6.10 Å². The summed E-state index contributed by atoms with van der Waals surface area (Å²) in [5.41, 5.74) is 0.558. The number of aliphatic hydroxyl groups is 1. The fourth-order valence-electron chi connectivity index (χ4n) is 3.43. The van der Waals surface area contributed by atoms with Gasteiger partial charge in [0.1, 0.15) is 0 Å². The van der Waals surface area contributed by atoms with E-state index in [2.05, 4.69) is 18.7 Å². The van der Waals surface area contributed by atoms with Crippen molar-refractivity contribution in [3.05, 3.63) is 0 Å². The predicted octanol–water partition coefficient (Wildman–Crippen LogP) is 2.41. The zero-order valence-corrected chi connectivity index (χ0v) is 10.2. The van der Waals surface area contributed by atoms with E-state index in [4.69, 9.17) is 0 Å². The highest BCUT2D eigenvalue weighted by atomic mass is 16.3. The second kappa shape index (κ2) is 4.42. The molecule has 1 heterocycles. The Kier molecular flexibility index (Phi) is 3.36. The molecule has 2 fully saturated rings. The Morgan fingerprint density at radius 3 is 2.47 bits per heavy atom. The third-order valence-corrected chi connectivity index (χ3v) is 4.88. The molecule has 0 radical (unpaired) electrons. The minimum absolute atomic E-state index is 0.0467. The van der Waals surface area contributed by atoms with Crippen LogP contribution in [0.15, 0.2) is 0 Å². The molecule has 1 saturated carbocycles. The van der Waals surface area contributed by atoms with Gasteiger partial charge in [0, 0.05) is 12.6 Å². The fourth-order valence-corrected chi connectivity index (χ4v) is 3.43. The van der Waals surface area contributed by atoms with Crippen LogP contribution < -0.4 is 0 Å². The minimum Gasteiger partial charge on any atom is -0.391 e. The second-order valence-electron chi connectivity index (χ2n) is 5.49. The van der Waals surface area contributed by atoms with Gasteiger partial charge < -0.3 is 5.11 Å². The molecular formula is C13H25NO. The Labute approximate surface area is 93.7 Å². The molecule has 1 N–H and O–H groups in total. The molecule has 2 atom stereocenters. The van der Waals surface area contributed by atoms with Crippen LogP contribution in [0, 0.1) is 5.41 Å². The molecule has 0 bridgehead atoms. The molecule has 0 aromatic rings. The smallest absolute Gasteiger partial charge is 0.0695 e. The maximum atomic E-state index is 9.92. The van der Waals surface area contributed by atoms with Gasteiger partial charge in [0.2, 0.25) is 0 Å². The van der Waals surface area contributed by atoms with Crippen molar-refractivity contribution in [1.82, 2.24) is 4.90 Å². The number of hydrogen-bond donors (Lipinski definition) is 1. The molecule has 0 amide bonds. The molecular weight excluding hydrogens is 186 g/mol. The lowest BCUT2D eigenvalue weighted by atomic mass is 9.82. The molecule has 0 spiro atoms. The van der Waals surface area contributed by atoms with E-state index in [1.54, 1.807) is 0 Å². The Bertz CT molecular complexity index is 213. The molecule has 1 saturated heterocycles. The first-order valence-corrected chi connectivity index (χ1v) is 6.63. The molecule has 88 valence electrons. The van der Waals surface area contributed by atoms with Crippen molar-refractivity contribution < 1.29 is 5.11 Å². The van der Waals surface area contributed by atoms with Gasteiger partial charge in [-0.3, -0.25) is 4.90 Å². The maximum absolute atomic E-state index is 9.92. The number of hydrogen-bond acceptors (Lipinski definition) is 2. The highest BCUT2D eigenvalue weighted by molar-refractivity contribution is 4.94. The van der Waals surface area contributed by atoms with Crippen LogP contribution in [-0.4, -0.2) is 35.2 Å². The summed E-state index contributed by atoms with van der Waals surface area (Å²) in [6.45, 7) is 7.07. The first-order valence-electron chi connectivity index (χ1n) is 6.63. The van der Waals surface area contributed by atoms with Crippen LogP contribution in [0.5, 0.6) is 0 Å². The molecule has 2 heteroatoms. The van der Waals surface area contributed by atoms with Gasteiger partial charge in [0.05, 0.1) is 6.10 Å². The standard InChI is InChI=1S/C13H25NO/c1-3-13(4-2)8-9-14(10-13)11-6-5-7-12(11)15/h11-12,15H,3-10H2,1-2H3/t11-,12-/m0/s1. The Balaban J connectivity index is 1.97. The van der Waals surface area contributed by atoms with Crippen LogP contribution in [0.3, 0.4) is 0 Å². The van der Waals surface area contributed by atoms with Crippen molar-refractivity contribution in [1.29, 1.82) is 0 Å². The molecule has 15 heavy (non-hydrogen) atoms. The summed E-state index contributed by atoms with van der Waals surface area (Å²) in [7, 11) is 0. The number of likely N-dealkylation sites (tertiary alicyclic amines) is 1. The van der Waals surface area contributed by atoms with Crippen LogP contribution in [0.1, 0.15) is 52.4 Å². The Hall–Kier alpha value is -0.0800. The van der Waals surface area contributed by atoms with E-state index < -0.39 is 0 Å². The van der Waals surface area contributed by atoms with Crippen molar-refractivity contribution in [2.24, 2.45) is 5.41 Å². The molecule has 1 aliphatic heterocycles. The second-order valence-corrected chi connectivity index (χ2v) is 5.49. The van der Waals surface area contributed by atoms with Crippen molar-refractivity contribution in [2.75, 3.05) is 13.1 Å². The minimum atomic E-state index is -0.0467. The lowest BCUT2D eigenvalue weighted by molar-refractivity contribution is 0.0763. The summed E-state index contributed by atoms with van der Waals surface area (Å²) in [4.78, 5) is 2.56. The van der Waals surface area contributed by atoms with E-state index >= 15 is 0 Å². The zero-order valence-electron chi connectivity index (χ0n) is 10.2. The van der Waals surface area contributed by atoms with Crippen LogP contribution in [0.2, 0.25) is 0 Å². The lowest BCUT2D eigenvalue weighted by Crippen LogP contribution is -2.40. The van der Waals surface area contributed by atoms with Gasteiger partial charge in [-0.1, -0.05) is 13.8 Å². The van der Waals surface area contributed by atoms with Crippen LogP contribution >= 0.6 is 0 Å². The molecule has 0 aromatic heterocycles. The van der Waals surface area contributed by atoms with E-state index in [9.17, 15) is 5.11 Å². The first-order chi connectivity index (χ1) is 7.21. The summed E-state index contributed by atoms with van der Waals surface area (Å²) in [6.07, 6.45) is 7.33. The highest BCUT2D eigenvalue weighted by Crippen LogP contribution is 2.40. The van der Waals surface area contributed by atoms with Gasteiger partial charge >= 0.3 is 0 Å². The van der Waals surface area contributed by atoms with E-state index in [0.717, 1.165) is 6.42 Å². The van der Waals surface area contributed by atoms with Crippen LogP contribution in [-0.2, 0) is 0 Å². The summed E-state index contributed by atoms with van der Waals surface area (Å²) in [6, 6.07) is 0.477. The normalized spacial score (nSPS) is 36.2. The van der Waals surface area contributed by atoms with Crippen molar-refractivity contribution >= 4 is 0 Å². The molecule has 0 aromatic carbocycles. The number of nitrogens with zero attached hydrogens (tertiary/aromatic N) is 1. The predicted molar refractivity (Wildman–Crippen MR) is 62.9 cm³/mol. The molecule has 1 aliphatic carbocycles. The molecule has 2 nitrogen and oxygen atoms in total. The lowest BCUT2D eigenvalue weighted by Gasteiger charge is -2.30. The fraction of sp³-hybridized carbons (Fsp3) is 1.00. The third kappa shape index (κ3) is 2.07. The van der Waals surface area contributed by atoms with Gasteiger partial charge in [-0.15, -0.1) is 0 Å². The monoisotopic (exact) mass is 211 g/mol. The highest BCUT2D eigenvalue weighted by Gasteiger charge is 2.40. The van der Waals surface area contributed by atoms with Crippen molar-refractivity contribution in [2.45, 2.75) is 64.5 Å². The summed E-state index contributed by atoms with van der Waals surface area (Å²) in [5.74, 6) is 0.